The summed E-state index contributed by atoms with van der Waals surface area (Å²) in [5, 5.41) is 10.9. The molecule has 0 radical (unpaired) electrons. The Morgan fingerprint density at radius 3 is 2.78 bits per heavy atom. The van der Waals surface area contributed by atoms with E-state index < -0.39 is 0 Å². The molecule has 7 nitrogen and oxygen atoms in total. The molecule has 7 heteroatoms. The Kier molecular flexibility index (Phi) is 8.77. The van der Waals surface area contributed by atoms with Gasteiger partial charge in [0.25, 0.3) is 0 Å². The number of pyridine rings is 1. The first-order valence-corrected chi connectivity index (χ1v) is 9.72. The second-order valence-corrected chi connectivity index (χ2v) is 6.62. The lowest BCUT2D eigenvalue weighted by Crippen LogP contribution is -2.39. The maximum absolute atomic E-state index is 5.81. The van der Waals surface area contributed by atoms with Crippen LogP contribution in [0.4, 0.5) is 0 Å². The minimum atomic E-state index is 0.266. The normalized spacial score (nSPS) is 13.0. The molecule has 0 fully saturated rings. The number of nitrogens with one attached hydrogen (secondary N) is 2. The van der Waals surface area contributed by atoms with Crippen LogP contribution in [-0.2, 0) is 11.3 Å². The molecule has 0 aliphatic rings. The molecule has 2 heterocycles. The van der Waals surface area contributed by atoms with Gasteiger partial charge in [0.05, 0.1) is 12.6 Å². The summed E-state index contributed by atoms with van der Waals surface area (Å²) in [7, 11) is 0. The van der Waals surface area contributed by atoms with Crippen molar-refractivity contribution in [1.29, 1.82) is 0 Å². The number of guanidine groups is 1. The van der Waals surface area contributed by atoms with Gasteiger partial charge in [0.2, 0.25) is 0 Å². The summed E-state index contributed by atoms with van der Waals surface area (Å²) in [5.41, 5.74) is 1.09. The van der Waals surface area contributed by atoms with Crippen molar-refractivity contribution in [2.24, 2.45) is 10.9 Å². The molecule has 27 heavy (non-hydrogen) atoms. The molecular formula is C20H32N6O. The fourth-order valence-electron chi connectivity index (χ4n) is 2.76. The number of hydrogen-bond donors (Lipinski definition) is 2. The van der Waals surface area contributed by atoms with Crippen LogP contribution in [0.1, 0.15) is 39.7 Å². The lowest BCUT2D eigenvalue weighted by atomic mass is 10.0. The summed E-state index contributed by atoms with van der Waals surface area (Å²) in [6.45, 7) is 11.5. The summed E-state index contributed by atoms with van der Waals surface area (Å²) in [4.78, 5) is 9.05. The predicted octanol–water partition coefficient (Wildman–Crippen LogP) is 2.77. The van der Waals surface area contributed by atoms with Gasteiger partial charge in [-0.05, 0) is 49.9 Å². The van der Waals surface area contributed by atoms with Gasteiger partial charge < -0.3 is 15.4 Å². The lowest BCUT2D eigenvalue weighted by Gasteiger charge is -2.21. The summed E-state index contributed by atoms with van der Waals surface area (Å²) in [5.74, 6) is 2.11. The summed E-state index contributed by atoms with van der Waals surface area (Å²) in [6.07, 6.45) is 6.63. The summed E-state index contributed by atoms with van der Waals surface area (Å²) in [6, 6.07) is 5.86. The molecule has 0 amide bonds. The van der Waals surface area contributed by atoms with Crippen LogP contribution < -0.4 is 10.6 Å². The fourth-order valence-corrected chi connectivity index (χ4v) is 2.76. The van der Waals surface area contributed by atoms with Crippen LogP contribution in [0.5, 0.6) is 0 Å². The maximum atomic E-state index is 5.81. The highest BCUT2D eigenvalue weighted by molar-refractivity contribution is 5.79. The standard InChI is InChI=1S/C20H32N6O/c1-5-21-20(23-12-9-18(16(3)4)27-6-2)24-15-17-8-11-22-19(14-17)26-13-7-10-25-26/h7-8,10-11,13-14,16,18H,5-6,9,12,15H2,1-4H3,(H2,21,23,24). The average molecular weight is 373 g/mol. The van der Waals surface area contributed by atoms with Gasteiger partial charge in [-0.1, -0.05) is 13.8 Å². The predicted molar refractivity (Wildman–Crippen MR) is 109 cm³/mol. The van der Waals surface area contributed by atoms with E-state index in [1.54, 1.807) is 17.1 Å². The number of nitrogens with zero attached hydrogens (tertiary/aromatic N) is 4. The van der Waals surface area contributed by atoms with Crippen LogP contribution in [0.3, 0.4) is 0 Å². The van der Waals surface area contributed by atoms with Gasteiger partial charge in [0, 0.05) is 38.3 Å². The molecule has 2 N–H and O–H groups in total. The lowest BCUT2D eigenvalue weighted by molar-refractivity contribution is 0.0258. The highest BCUT2D eigenvalue weighted by Gasteiger charge is 2.13. The van der Waals surface area contributed by atoms with E-state index in [9.17, 15) is 0 Å². The second-order valence-electron chi connectivity index (χ2n) is 6.62. The molecule has 148 valence electrons. The molecule has 1 atom stereocenters. The molecule has 0 aliphatic carbocycles. The van der Waals surface area contributed by atoms with Gasteiger partial charge in [0.1, 0.15) is 0 Å². The zero-order chi connectivity index (χ0) is 19.5. The zero-order valence-corrected chi connectivity index (χ0v) is 16.9. The topological polar surface area (TPSA) is 76.4 Å². The Morgan fingerprint density at radius 2 is 2.11 bits per heavy atom. The first-order chi connectivity index (χ1) is 13.1. The Bertz CT molecular complexity index is 684. The van der Waals surface area contributed by atoms with Crippen LogP contribution in [-0.4, -0.2) is 46.5 Å². The van der Waals surface area contributed by atoms with Crippen molar-refractivity contribution in [2.45, 2.75) is 46.8 Å². The largest absolute Gasteiger partial charge is 0.378 e. The third kappa shape index (κ3) is 7.02. The number of rotatable bonds is 10. The minimum absolute atomic E-state index is 0.266. The molecule has 0 saturated carbocycles. The van der Waals surface area contributed by atoms with Crippen LogP contribution in [0.15, 0.2) is 41.8 Å². The molecule has 2 aromatic heterocycles. The van der Waals surface area contributed by atoms with Crippen molar-refractivity contribution < 1.29 is 4.74 Å². The van der Waals surface area contributed by atoms with Gasteiger partial charge >= 0.3 is 0 Å². The molecule has 0 saturated heterocycles. The number of aromatic nitrogens is 3. The smallest absolute Gasteiger partial charge is 0.191 e. The van der Waals surface area contributed by atoms with Gasteiger partial charge in [-0.15, -0.1) is 0 Å². The summed E-state index contributed by atoms with van der Waals surface area (Å²) >= 11 is 0. The van der Waals surface area contributed by atoms with Gasteiger partial charge in [0.15, 0.2) is 11.8 Å². The van der Waals surface area contributed by atoms with Crippen LogP contribution in [0.2, 0.25) is 0 Å². The Labute approximate surface area is 162 Å². The monoisotopic (exact) mass is 372 g/mol. The van der Waals surface area contributed by atoms with E-state index in [0.717, 1.165) is 43.5 Å². The molecule has 0 aromatic carbocycles. The first-order valence-electron chi connectivity index (χ1n) is 9.72. The molecule has 0 bridgehead atoms. The van der Waals surface area contributed by atoms with Gasteiger partial charge in [-0.2, -0.15) is 5.10 Å². The highest BCUT2D eigenvalue weighted by atomic mass is 16.5. The third-order valence-corrected chi connectivity index (χ3v) is 4.16. The zero-order valence-electron chi connectivity index (χ0n) is 16.9. The van der Waals surface area contributed by atoms with Crippen molar-refractivity contribution in [3.63, 3.8) is 0 Å². The quantitative estimate of drug-likeness (QED) is 0.495. The summed E-state index contributed by atoms with van der Waals surface area (Å²) < 4.78 is 7.55. The Morgan fingerprint density at radius 1 is 1.26 bits per heavy atom. The van der Waals surface area contributed by atoms with E-state index in [1.165, 1.54) is 0 Å². The number of hydrogen-bond acceptors (Lipinski definition) is 4. The fraction of sp³-hybridized carbons (Fsp3) is 0.550. The molecule has 0 spiro atoms. The second kappa shape index (κ2) is 11.3. The van der Waals surface area contributed by atoms with E-state index >= 15 is 0 Å². The van der Waals surface area contributed by atoms with Crippen molar-refractivity contribution in [3.05, 3.63) is 42.4 Å². The molecular weight excluding hydrogens is 340 g/mol. The Balaban J connectivity index is 1.94. The first kappa shape index (κ1) is 20.9. The molecule has 0 aliphatic heterocycles. The maximum Gasteiger partial charge on any atom is 0.191 e. The Hall–Kier alpha value is -2.41. The van der Waals surface area contributed by atoms with E-state index in [4.69, 9.17) is 9.73 Å². The minimum Gasteiger partial charge on any atom is -0.378 e. The van der Waals surface area contributed by atoms with Gasteiger partial charge in [-0.25, -0.2) is 14.7 Å². The molecule has 1 unspecified atom stereocenters. The number of ether oxygens (including phenoxy) is 1. The molecule has 2 rings (SSSR count). The van der Waals surface area contributed by atoms with E-state index in [-0.39, 0.29) is 6.10 Å². The molecule has 2 aromatic rings. The van der Waals surface area contributed by atoms with E-state index in [2.05, 4.69) is 41.5 Å². The van der Waals surface area contributed by atoms with Crippen molar-refractivity contribution in [2.75, 3.05) is 19.7 Å². The van der Waals surface area contributed by atoms with E-state index in [1.807, 2.05) is 31.3 Å². The van der Waals surface area contributed by atoms with Crippen molar-refractivity contribution in [3.8, 4) is 5.82 Å². The highest BCUT2D eigenvalue weighted by Crippen LogP contribution is 2.10. The van der Waals surface area contributed by atoms with Crippen LogP contribution in [0, 0.1) is 5.92 Å². The third-order valence-electron chi connectivity index (χ3n) is 4.16. The van der Waals surface area contributed by atoms with Gasteiger partial charge in [-0.3, -0.25) is 0 Å². The van der Waals surface area contributed by atoms with Crippen LogP contribution in [0.25, 0.3) is 5.82 Å². The van der Waals surface area contributed by atoms with Crippen molar-refractivity contribution >= 4 is 5.96 Å². The number of aliphatic imine (C=N–C) groups is 1. The van der Waals surface area contributed by atoms with Crippen molar-refractivity contribution in [1.82, 2.24) is 25.4 Å². The SMILES string of the molecule is CCNC(=NCc1ccnc(-n2cccn2)c1)NCCC(OCC)C(C)C. The van der Waals surface area contributed by atoms with E-state index in [0.29, 0.717) is 12.5 Å². The average Bonchev–Trinajstić information content (AvgIpc) is 3.20. The van der Waals surface area contributed by atoms with Crippen LogP contribution >= 0.6 is 0 Å².